The quantitative estimate of drug-likeness (QED) is 0.798. The highest BCUT2D eigenvalue weighted by Gasteiger charge is 2.33. The molecule has 0 aliphatic carbocycles. The molecule has 1 heterocycles. The lowest BCUT2D eigenvalue weighted by Crippen LogP contribution is -2.38. The largest absolute Gasteiger partial charge is 0.481 e. The van der Waals surface area contributed by atoms with Crippen molar-refractivity contribution in [2.45, 2.75) is 19.8 Å². The van der Waals surface area contributed by atoms with Crippen molar-refractivity contribution in [2.24, 2.45) is 11.8 Å². The molecule has 2 N–H and O–H groups in total. The third kappa shape index (κ3) is 5.06. The van der Waals surface area contributed by atoms with Crippen LogP contribution in [0.3, 0.4) is 0 Å². The fraction of sp³-hybridized carbons (Fsp3) is 0.500. The Morgan fingerprint density at radius 1 is 1.39 bits per heavy atom. The van der Waals surface area contributed by atoms with Gasteiger partial charge >= 0.3 is 5.97 Å². The molecule has 126 valence electrons. The van der Waals surface area contributed by atoms with Gasteiger partial charge in [0.1, 0.15) is 0 Å². The molecule has 0 bridgehead atoms. The molecule has 2 unspecified atom stereocenters. The van der Waals surface area contributed by atoms with Crippen molar-refractivity contribution in [1.82, 2.24) is 5.32 Å². The Balaban J connectivity index is 1.92. The Morgan fingerprint density at radius 3 is 2.70 bits per heavy atom. The summed E-state index contributed by atoms with van der Waals surface area (Å²) in [6, 6.07) is 7.57. The summed E-state index contributed by atoms with van der Waals surface area (Å²) in [6.07, 6.45) is 0.629. The van der Waals surface area contributed by atoms with E-state index in [4.69, 9.17) is 0 Å². The molecule has 1 aromatic carbocycles. The van der Waals surface area contributed by atoms with E-state index in [1.165, 1.54) is 0 Å². The highest BCUT2D eigenvalue weighted by molar-refractivity contribution is 7.91. The van der Waals surface area contributed by atoms with Crippen molar-refractivity contribution >= 4 is 21.7 Å². The molecule has 0 radical (unpaired) electrons. The fourth-order valence-electron chi connectivity index (χ4n) is 2.74. The minimum atomic E-state index is -3.13. The lowest BCUT2D eigenvalue weighted by atomic mass is 9.98. The molecule has 1 saturated heterocycles. The molecule has 1 fully saturated rings. The van der Waals surface area contributed by atoms with Gasteiger partial charge in [0.2, 0.25) is 5.91 Å². The smallest absolute Gasteiger partial charge is 0.308 e. The Kier molecular flexibility index (Phi) is 5.41. The van der Waals surface area contributed by atoms with Crippen LogP contribution in [0.4, 0.5) is 0 Å². The standard InChI is InChI=1S/C16H21NO5S/c1-11-3-2-4-12(7-11)8-14(16(19)20)9-17-15(18)13-5-6-23(21,22)10-13/h2-4,7,13-14H,5-6,8-10H2,1H3,(H,17,18)(H,19,20). The van der Waals surface area contributed by atoms with Crippen molar-refractivity contribution in [3.63, 3.8) is 0 Å². The number of nitrogens with one attached hydrogen (secondary N) is 1. The molecule has 0 spiro atoms. The van der Waals surface area contributed by atoms with Crippen LogP contribution >= 0.6 is 0 Å². The number of hydrogen-bond donors (Lipinski definition) is 2. The zero-order valence-corrected chi connectivity index (χ0v) is 13.8. The second-order valence-corrected chi connectivity index (χ2v) is 8.30. The maximum Gasteiger partial charge on any atom is 0.308 e. The van der Waals surface area contributed by atoms with Gasteiger partial charge in [-0.05, 0) is 25.3 Å². The van der Waals surface area contributed by atoms with E-state index in [1.807, 2.05) is 31.2 Å². The average Bonchev–Trinajstić information content (AvgIpc) is 2.83. The van der Waals surface area contributed by atoms with Crippen molar-refractivity contribution in [3.8, 4) is 0 Å². The van der Waals surface area contributed by atoms with E-state index >= 15 is 0 Å². The van der Waals surface area contributed by atoms with Crippen LogP contribution in [0.25, 0.3) is 0 Å². The molecule has 6 nitrogen and oxygen atoms in total. The first-order chi connectivity index (χ1) is 10.8. The molecule has 7 heteroatoms. The fourth-order valence-corrected chi connectivity index (χ4v) is 4.48. The lowest BCUT2D eigenvalue weighted by molar-refractivity contribution is -0.141. The van der Waals surface area contributed by atoms with Crippen LogP contribution < -0.4 is 5.32 Å². The zero-order valence-electron chi connectivity index (χ0n) is 13.0. The Morgan fingerprint density at radius 2 is 2.13 bits per heavy atom. The normalized spacial score (nSPS) is 20.8. The van der Waals surface area contributed by atoms with Crippen LogP contribution in [0, 0.1) is 18.8 Å². The highest BCUT2D eigenvalue weighted by atomic mass is 32.2. The van der Waals surface area contributed by atoms with Gasteiger partial charge in [-0.1, -0.05) is 29.8 Å². The number of benzene rings is 1. The van der Waals surface area contributed by atoms with Gasteiger partial charge in [0.15, 0.2) is 9.84 Å². The van der Waals surface area contributed by atoms with Gasteiger partial charge in [0.25, 0.3) is 0 Å². The van der Waals surface area contributed by atoms with E-state index in [0.29, 0.717) is 12.8 Å². The molecular weight excluding hydrogens is 318 g/mol. The van der Waals surface area contributed by atoms with Gasteiger partial charge in [-0.15, -0.1) is 0 Å². The summed E-state index contributed by atoms with van der Waals surface area (Å²) in [5.41, 5.74) is 1.95. The number of carbonyl (C=O) groups excluding carboxylic acids is 1. The summed E-state index contributed by atoms with van der Waals surface area (Å²) in [4.78, 5) is 23.4. The molecule has 0 saturated carbocycles. The molecule has 1 aliphatic heterocycles. The predicted molar refractivity (Wildman–Crippen MR) is 85.8 cm³/mol. The summed E-state index contributed by atoms with van der Waals surface area (Å²) in [6.45, 7) is 1.93. The van der Waals surface area contributed by atoms with Gasteiger partial charge in [0, 0.05) is 6.54 Å². The molecule has 1 amide bonds. The summed E-state index contributed by atoms with van der Waals surface area (Å²) in [7, 11) is -3.13. The molecule has 1 aromatic rings. The van der Waals surface area contributed by atoms with Crippen LogP contribution in [0.1, 0.15) is 17.5 Å². The summed E-state index contributed by atoms with van der Waals surface area (Å²) >= 11 is 0. The van der Waals surface area contributed by atoms with Gasteiger partial charge in [-0.25, -0.2) is 8.42 Å². The molecule has 23 heavy (non-hydrogen) atoms. The Bertz CT molecular complexity index is 698. The summed E-state index contributed by atoms with van der Waals surface area (Å²) in [5, 5.41) is 11.9. The van der Waals surface area contributed by atoms with Crippen molar-refractivity contribution in [2.75, 3.05) is 18.1 Å². The van der Waals surface area contributed by atoms with E-state index < -0.39 is 27.6 Å². The summed E-state index contributed by atoms with van der Waals surface area (Å²) < 4.78 is 22.8. The van der Waals surface area contributed by atoms with Gasteiger partial charge < -0.3 is 10.4 Å². The number of carboxylic acid groups (broad SMARTS) is 1. The molecule has 1 aliphatic rings. The van der Waals surface area contributed by atoms with Crippen molar-refractivity contribution < 1.29 is 23.1 Å². The first-order valence-corrected chi connectivity index (χ1v) is 9.35. The van der Waals surface area contributed by atoms with Gasteiger partial charge in [0.05, 0.1) is 23.3 Å². The second kappa shape index (κ2) is 7.12. The lowest BCUT2D eigenvalue weighted by Gasteiger charge is -2.15. The minimum absolute atomic E-state index is 0.00133. The molecule has 2 rings (SSSR count). The molecule has 0 aromatic heterocycles. The average molecular weight is 339 g/mol. The first kappa shape index (κ1) is 17.5. The predicted octanol–water partition coefficient (Wildman–Crippen LogP) is 0.789. The van der Waals surface area contributed by atoms with E-state index in [9.17, 15) is 23.1 Å². The van der Waals surface area contributed by atoms with E-state index in [2.05, 4.69) is 5.32 Å². The highest BCUT2D eigenvalue weighted by Crippen LogP contribution is 2.18. The van der Waals surface area contributed by atoms with Crippen LogP contribution in [-0.2, 0) is 25.8 Å². The van der Waals surface area contributed by atoms with E-state index in [1.54, 1.807) is 0 Å². The topological polar surface area (TPSA) is 101 Å². The molecule has 2 atom stereocenters. The second-order valence-electron chi connectivity index (χ2n) is 6.07. The van der Waals surface area contributed by atoms with Crippen molar-refractivity contribution in [3.05, 3.63) is 35.4 Å². The van der Waals surface area contributed by atoms with Crippen LogP contribution in [0.5, 0.6) is 0 Å². The van der Waals surface area contributed by atoms with Crippen LogP contribution in [0.2, 0.25) is 0 Å². The van der Waals surface area contributed by atoms with E-state index in [-0.39, 0.29) is 24.0 Å². The van der Waals surface area contributed by atoms with Crippen LogP contribution in [0.15, 0.2) is 24.3 Å². The molecular formula is C16H21NO5S. The van der Waals surface area contributed by atoms with E-state index in [0.717, 1.165) is 11.1 Å². The SMILES string of the molecule is Cc1cccc(CC(CNC(=O)C2CCS(=O)(=O)C2)C(=O)O)c1. The number of sulfone groups is 1. The number of aryl methyl sites for hydroxylation is 1. The minimum Gasteiger partial charge on any atom is -0.481 e. The zero-order chi connectivity index (χ0) is 17.0. The monoisotopic (exact) mass is 339 g/mol. The Labute approximate surface area is 135 Å². The number of hydrogen-bond acceptors (Lipinski definition) is 4. The first-order valence-electron chi connectivity index (χ1n) is 7.53. The maximum absolute atomic E-state index is 12.0. The maximum atomic E-state index is 12.0. The third-order valence-electron chi connectivity index (χ3n) is 4.04. The third-order valence-corrected chi connectivity index (χ3v) is 5.81. The number of carbonyl (C=O) groups is 2. The summed E-state index contributed by atoms with van der Waals surface area (Å²) in [5.74, 6) is -2.77. The number of rotatable bonds is 6. The number of amides is 1. The number of carboxylic acids is 1. The van der Waals surface area contributed by atoms with Gasteiger partial charge in [-0.3, -0.25) is 9.59 Å². The number of aliphatic carboxylic acids is 1. The van der Waals surface area contributed by atoms with Crippen molar-refractivity contribution in [1.29, 1.82) is 0 Å². The van der Waals surface area contributed by atoms with Crippen LogP contribution in [-0.4, -0.2) is 43.5 Å². The van der Waals surface area contributed by atoms with Gasteiger partial charge in [-0.2, -0.15) is 0 Å². The Hall–Kier alpha value is -1.89.